The molecule has 0 aliphatic rings. The van der Waals surface area contributed by atoms with Crippen molar-refractivity contribution in [3.05, 3.63) is 128 Å². The van der Waals surface area contributed by atoms with E-state index in [1.165, 1.54) is 0 Å². The fourth-order valence-corrected chi connectivity index (χ4v) is 4.12. The van der Waals surface area contributed by atoms with Crippen molar-refractivity contribution in [2.45, 2.75) is 41.5 Å². The average molecular weight is 505 g/mol. The average Bonchev–Trinajstić information content (AvgIpc) is 2.89. The van der Waals surface area contributed by atoms with Crippen LogP contribution in [0.2, 0.25) is 0 Å². The minimum Gasteiger partial charge on any atom is -0.322 e. The highest BCUT2D eigenvalue weighted by atomic mass is 16.2. The first-order valence-electron chi connectivity index (χ1n) is 12.6. The van der Waals surface area contributed by atoms with Crippen molar-refractivity contribution in [2.75, 3.05) is 10.6 Å². The van der Waals surface area contributed by atoms with Crippen LogP contribution >= 0.6 is 0 Å². The van der Waals surface area contributed by atoms with Crippen LogP contribution in [0.25, 0.3) is 0 Å². The maximum atomic E-state index is 13.4. The number of amides is 2. The summed E-state index contributed by atoms with van der Waals surface area (Å²) in [7, 11) is 0. The number of aryl methyl sites for hydroxylation is 6. The number of anilines is 2. The molecular formula is C33H32N2O3. The zero-order valence-corrected chi connectivity index (χ0v) is 22.7. The third kappa shape index (κ3) is 5.73. The van der Waals surface area contributed by atoms with Gasteiger partial charge in [-0.3, -0.25) is 14.4 Å². The van der Waals surface area contributed by atoms with Crippen molar-refractivity contribution >= 4 is 29.0 Å². The molecule has 0 aliphatic heterocycles. The summed E-state index contributed by atoms with van der Waals surface area (Å²) in [6.07, 6.45) is 0. The Morgan fingerprint density at radius 3 is 1.13 bits per heavy atom. The number of hydrogen-bond donors (Lipinski definition) is 2. The van der Waals surface area contributed by atoms with Gasteiger partial charge in [-0.05, 0) is 111 Å². The van der Waals surface area contributed by atoms with Gasteiger partial charge in [0.15, 0.2) is 5.78 Å². The smallest absolute Gasteiger partial charge is 0.255 e. The maximum Gasteiger partial charge on any atom is 0.255 e. The van der Waals surface area contributed by atoms with E-state index in [0.717, 1.165) is 33.4 Å². The van der Waals surface area contributed by atoms with E-state index in [1.807, 2.05) is 77.9 Å². The Labute approximate surface area is 223 Å². The summed E-state index contributed by atoms with van der Waals surface area (Å²) in [5, 5.41) is 5.89. The van der Waals surface area contributed by atoms with Gasteiger partial charge in [-0.2, -0.15) is 0 Å². The first kappa shape index (κ1) is 26.6. The predicted octanol–water partition coefficient (Wildman–Crippen LogP) is 7.27. The van der Waals surface area contributed by atoms with Gasteiger partial charge in [0.2, 0.25) is 0 Å². The van der Waals surface area contributed by atoms with Gasteiger partial charge in [0, 0.05) is 33.6 Å². The molecule has 4 aromatic carbocycles. The van der Waals surface area contributed by atoms with Gasteiger partial charge in [-0.1, -0.05) is 36.4 Å². The lowest BCUT2D eigenvalue weighted by Crippen LogP contribution is -2.15. The van der Waals surface area contributed by atoms with Crippen molar-refractivity contribution in [3.8, 4) is 0 Å². The van der Waals surface area contributed by atoms with Crippen molar-refractivity contribution in [1.82, 2.24) is 0 Å². The van der Waals surface area contributed by atoms with Gasteiger partial charge in [0.05, 0.1) is 0 Å². The first-order chi connectivity index (χ1) is 18.0. The Morgan fingerprint density at radius 1 is 0.421 bits per heavy atom. The number of hydrogen-bond acceptors (Lipinski definition) is 3. The van der Waals surface area contributed by atoms with Crippen molar-refractivity contribution in [2.24, 2.45) is 0 Å². The Balaban J connectivity index is 1.56. The van der Waals surface area contributed by atoms with Crippen LogP contribution in [-0.2, 0) is 0 Å². The minimum absolute atomic E-state index is 0.201. The lowest BCUT2D eigenvalue weighted by atomic mass is 9.99. The van der Waals surface area contributed by atoms with Crippen molar-refractivity contribution in [1.29, 1.82) is 0 Å². The highest BCUT2D eigenvalue weighted by molar-refractivity contribution is 6.12. The summed E-state index contributed by atoms with van der Waals surface area (Å²) in [6, 6.07) is 21.7. The quantitative estimate of drug-likeness (QED) is 0.271. The molecule has 0 saturated heterocycles. The molecule has 0 unspecified atom stereocenters. The number of carbonyl (C=O) groups excluding carboxylic acids is 3. The molecule has 5 nitrogen and oxygen atoms in total. The molecule has 0 spiro atoms. The van der Waals surface area contributed by atoms with Crippen molar-refractivity contribution in [3.63, 3.8) is 0 Å². The maximum absolute atomic E-state index is 13.4. The molecule has 192 valence electrons. The second-order valence-corrected chi connectivity index (χ2v) is 9.89. The summed E-state index contributed by atoms with van der Waals surface area (Å²) >= 11 is 0. The molecule has 0 aliphatic carbocycles. The van der Waals surface area contributed by atoms with Gasteiger partial charge in [0.1, 0.15) is 0 Å². The molecular weight excluding hydrogens is 472 g/mol. The monoisotopic (exact) mass is 504 g/mol. The molecule has 38 heavy (non-hydrogen) atoms. The number of nitrogens with one attached hydrogen (secondary N) is 2. The van der Waals surface area contributed by atoms with Gasteiger partial charge in [-0.15, -0.1) is 0 Å². The third-order valence-electron chi connectivity index (χ3n) is 7.03. The van der Waals surface area contributed by atoms with Crippen LogP contribution in [-0.4, -0.2) is 17.6 Å². The molecule has 0 radical (unpaired) electrons. The second kappa shape index (κ2) is 10.9. The van der Waals surface area contributed by atoms with Gasteiger partial charge < -0.3 is 10.6 Å². The molecule has 0 fully saturated rings. The third-order valence-corrected chi connectivity index (χ3v) is 7.03. The standard InChI is InChI=1S/C33H32N2O3/c1-19-7-13-27(15-23(19)5)32(37)34-29-17-25(11-9-21(29)3)31(36)26-12-10-22(4)30(18-26)35-33(38)28-14-8-20(2)24(6)16-28/h7-18H,1-6H3,(H,34,37)(H,35,38). The largest absolute Gasteiger partial charge is 0.322 e. The van der Waals surface area contributed by atoms with Crippen LogP contribution in [0.4, 0.5) is 11.4 Å². The van der Waals surface area contributed by atoms with Gasteiger partial charge in [-0.25, -0.2) is 0 Å². The number of carbonyl (C=O) groups is 3. The summed E-state index contributed by atoms with van der Waals surface area (Å²) < 4.78 is 0. The van der Waals surface area contributed by atoms with E-state index >= 15 is 0 Å². The second-order valence-electron chi connectivity index (χ2n) is 9.89. The Morgan fingerprint density at radius 2 is 0.763 bits per heavy atom. The van der Waals surface area contributed by atoms with Crippen LogP contribution in [0.3, 0.4) is 0 Å². The van der Waals surface area contributed by atoms with Crippen LogP contribution in [0.15, 0.2) is 72.8 Å². The van der Waals surface area contributed by atoms with Crippen molar-refractivity contribution < 1.29 is 14.4 Å². The number of ketones is 1. The van der Waals surface area contributed by atoms with E-state index < -0.39 is 0 Å². The molecule has 0 aromatic heterocycles. The zero-order valence-electron chi connectivity index (χ0n) is 22.7. The number of benzene rings is 4. The molecule has 4 rings (SSSR count). The predicted molar refractivity (Wildman–Crippen MR) is 154 cm³/mol. The number of rotatable bonds is 6. The Kier molecular flexibility index (Phi) is 7.58. The lowest BCUT2D eigenvalue weighted by molar-refractivity contribution is 0.101. The van der Waals surface area contributed by atoms with Crippen LogP contribution in [0.5, 0.6) is 0 Å². The molecule has 0 saturated carbocycles. The zero-order chi connectivity index (χ0) is 27.6. The molecule has 0 atom stereocenters. The SMILES string of the molecule is Cc1ccc(C(=O)Nc2cc(C(=O)c3ccc(C)c(NC(=O)c4ccc(C)c(C)c4)c3)ccc2C)cc1C. The molecule has 0 bridgehead atoms. The Bertz CT molecular complexity index is 1470. The van der Waals surface area contributed by atoms with Crippen LogP contribution in [0.1, 0.15) is 70.0 Å². The van der Waals surface area contributed by atoms with E-state index in [4.69, 9.17) is 0 Å². The van der Waals surface area contributed by atoms with E-state index in [-0.39, 0.29) is 17.6 Å². The van der Waals surface area contributed by atoms with E-state index in [9.17, 15) is 14.4 Å². The molecule has 0 heterocycles. The van der Waals surface area contributed by atoms with Gasteiger partial charge >= 0.3 is 0 Å². The summed E-state index contributed by atoms with van der Waals surface area (Å²) in [6.45, 7) is 11.7. The van der Waals surface area contributed by atoms with Gasteiger partial charge in [0.25, 0.3) is 11.8 Å². The van der Waals surface area contributed by atoms with Crippen LogP contribution in [0, 0.1) is 41.5 Å². The fraction of sp³-hybridized carbons (Fsp3) is 0.182. The molecule has 2 amide bonds. The van der Waals surface area contributed by atoms with Crippen LogP contribution < -0.4 is 10.6 Å². The normalized spacial score (nSPS) is 10.7. The minimum atomic E-state index is -0.229. The summed E-state index contributed by atoms with van der Waals surface area (Å²) in [5.41, 5.74) is 9.19. The van der Waals surface area contributed by atoms with E-state index in [0.29, 0.717) is 33.6 Å². The highest BCUT2D eigenvalue weighted by Gasteiger charge is 2.16. The Hall–Kier alpha value is -4.51. The first-order valence-corrected chi connectivity index (χ1v) is 12.6. The van der Waals surface area contributed by atoms with E-state index in [1.54, 1.807) is 36.4 Å². The topological polar surface area (TPSA) is 75.3 Å². The molecule has 4 aromatic rings. The molecule has 5 heteroatoms. The lowest BCUT2D eigenvalue weighted by Gasteiger charge is -2.13. The fourth-order valence-electron chi connectivity index (χ4n) is 4.12. The highest BCUT2D eigenvalue weighted by Crippen LogP contribution is 2.24. The summed E-state index contributed by atoms with van der Waals surface area (Å²) in [5.74, 6) is -0.659. The van der Waals surface area contributed by atoms with E-state index in [2.05, 4.69) is 10.6 Å². The molecule has 2 N–H and O–H groups in total. The summed E-state index contributed by atoms with van der Waals surface area (Å²) in [4.78, 5) is 39.2.